The van der Waals surface area contributed by atoms with Crippen molar-refractivity contribution in [2.24, 2.45) is 5.92 Å². The first-order valence-corrected chi connectivity index (χ1v) is 11.7. The van der Waals surface area contributed by atoms with Crippen LogP contribution < -0.4 is 10.6 Å². The Morgan fingerprint density at radius 1 is 1.03 bits per heavy atom. The number of hydrogen-bond acceptors (Lipinski definition) is 6. The van der Waals surface area contributed by atoms with E-state index in [0.29, 0.717) is 36.6 Å². The Kier molecular flexibility index (Phi) is 7.00. The van der Waals surface area contributed by atoms with E-state index in [1.165, 1.54) is 0 Å². The van der Waals surface area contributed by atoms with E-state index in [1.54, 1.807) is 29.2 Å². The molecular weight excluding hydrogens is 462 g/mol. The Bertz CT molecular complexity index is 1200. The number of hydrogen-bond donors (Lipinski definition) is 2. The fourth-order valence-electron chi connectivity index (χ4n) is 3.63. The van der Waals surface area contributed by atoms with E-state index >= 15 is 0 Å². The van der Waals surface area contributed by atoms with Gasteiger partial charge in [-0.2, -0.15) is 0 Å². The molecule has 1 aliphatic heterocycles. The van der Waals surface area contributed by atoms with Crippen molar-refractivity contribution in [1.29, 1.82) is 0 Å². The molecule has 0 bridgehead atoms. The molecule has 33 heavy (non-hydrogen) atoms. The van der Waals surface area contributed by atoms with E-state index < -0.39 is 5.91 Å². The minimum Gasteiger partial charge on any atom is -0.336 e. The summed E-state index contributed by atoms with van der Waals surface area (Å²) in [6.07, 6.45) is 1.41. The van der Waals surface area contributed by atoms with Crippen LogP contribution in [0.3, 0.4) is 0 Å². The van der Waals surface area contributed by atoms with Crippen LogP contribution in [0, 0.1) is 12.8 Å². The number of nitrogens with zero attached hydrogens (tertiary/aromatic N) is 3. The number of rotatable bonds is 5. The maximum absolute atomic E-state index is 13.0. The number of anilines is 2. The zero-order chi connectivity index (χ0) is 23.4. The van der Waals surface area contributed by atoms with Crippen molar-refractivity contribution in [3.8, 4) is 0 Å². The van der Waals surface area contributed by atoms with Gasteiger partial charge in [-0.15, -0.1) is 10.2 Å². The average molecular weight is 484 g/mol. The number of aryl methyl sites for hydroxylation is 1. The van der Waals surface area contributed by atoms with Crippen LogP contribution in [0.4, 0.5) is 11.4 Å². The molecule has 2 N–H and O–H groups in total. The zero-order valence-electron chi connectivity index (χ0n) is 17.9. The van der Waals surface area contributed by atoms with Crippen LogP contribution in [-0.2, 0) is 4.79 Å². The van der Waals surface area contributed by atoms with E-state index in [4.69, 9.17) is 11.6 Å². The second-order valence-corrected chi connectivity index (χ2v) is 9.24. The second kappa shape index (κ2) is 10.1. The summed E-state index contributed by atoms with van der Waals surface area (Å²) in [5.74, 6) is -1.23. The molecule has 8 nitrogen and oxygen atoms in total. The molecule has 1 aromatic heterocycles. The summed E-state index contributed by atoms with van der Waals surface area (Å²) in [7, 11) is 0. The summed E-state index contributed by atoms with van der Waals surface area (Å²) in [6, 6.07) is 14.3. The molecular formula is C23H22ClN5O3S. The van der Waals surface area contributed by atoms with E-state index in [-0.39, 0.29) is 27.7 Å². The van der Waals surface area contributed by atoms with Gasteiger partial charge in [-0.1, -0.05) is 41.1 Å². The van der Waals surface area contributed by atoms with Crippen molar-refractivity contribution in [1.82, 2.24) is 15.1 Å². The topological polar surface area (TPSA) is 104 Å². The Balaban J connectivity index is 1.38. The van der Waals surface area contributed by atoms with Crippen LogP contribution >= 0.6 is 22.9 Å². The van der Waals surface area contributed by atoms with Crippen LogP contribution in [0.25, 0.3) is 0 Å². The minimum absolute atomic E-state index is 0.0732. The lowest BCUT2D eigenvalue weighted by Gasteiger charge is -2.31. The van der Waals surface area contributed by atoms with E-state index in [2.05, 4.69) is 20.8 Å². The molecule has 2 heterocycles. The van der Waals surface area contributed by atoms with Crippen LogP contribution in [-0.4, -0.2) is 45.9 Å². The van der Waals surface area contributed by atoms with Gasteiger partial charge in [0.25, 0.3) is 11.8 Å². The van der Waals surface area contributed by atoms with Gasteiger partial charge in [-0.25, -0.2) is 0 Å². The fraction of sp³-hybridized carbons (Fsp3) is 0.261. The third-order valence-electron chi connectivity index (χ3n) is 5.25. The molecule has 0 spiro atoms. The van der Waals surface area contributed by atoms with Gasteiger partial charge in [0.15, 0.2) is 0 Å². The number of amides is 3. The molecule has 2 aromatic carbocycles. The molecule has 10 heteroatoms. The molecule has 170 valence electrons. The van der Waals surface area contributed by atoms with Crippen LogP contribution in [0.15, 0.2) is 48.5 Å². The summed E-state index contributed by atoms with van der Waals surface area (Å²) < 4.78 is 0. The predicted molar refractivity (Wildman–Crippen MR) is 128 cm³/mol. The number of likely N-dealkylation sites (tertiary alicyclic amines) is 1. The van der Waals surface area contributed by atoms with Crippen molar-refractivity contribution in [3.63, 3.8) is 0 Å². The normalized spacial score (nSPS) is 15.7. The maximum Gasteiger partial charge on any atom is 0.286 e. The van der Waals surface area contributed by atoms with Gasteiger partial charge in [0.05, 0.1) is 5.92 Å². The first-order chi connectivity index (χ1) is 15.9. The Morgan fingerprint density at radius 3 is 2.52 bits per heavy atom. The highest BCUT2D eigenvalue weighted by Crippen LogP contribution is 2.23. The number of carbonyl (C=O) groups is 3. The minimum atomic E-state index is -0.470. The summed E-state index contributed by atoms with van der Waals surface area (Å²) in [4.78, 5) is 39.8. The quantitative estimate of drug-likeness (QED) is 0.564. The summed E-state index contributed by atoms with van der Waals surface area (Å²) >= 11 is 6.86. The molecule has 3 amide bonds. The van der Waals surface area contributed by atoms with Crippen LogP contribution in [0.2, 0.25) is 5.02 Å². The molecule has 1 fully saturated rings. The van der Waals surface area contributed by atoms with Crippen molar-refractivity contribution in [3.05, 3.63) is 69.1 Å². The highest BCUT2D eigenvalue weighted by molar-refractivity contribution is 7.15. The predicted octanol–water partition coefficient (Wildman–Crippen LogP) is 4.24. The maximum atomic E-state index is 13.0. The number of piperidine rings is 1. The van der Waals surface area contributed by atoms with E-state index in [9.17, 15) is 14.4 Å². The van der Waals surface area contributed by atoms with Crippen molar-refractivity contribution in [2.75, 3.05) is 23.7 Å². The standard InChI is InChI=1S/C23H22ClN5O3S/c1-14-5-2-8-17(11-14)25-19(30)15-6-4-10-29(13-15)23(32)22-28-27-21(33-22)20(31)26-18-9-3-7-16(24)12-18/h2-3,5,7-9,11-12,15H,4,6,10,13H2,1H3,(H,25,30)(H,26,31)/t15-/m1/s1. The molecule has 0 radical (unpaired) electrons. The Morgan fingerprint density at radius 2 is 1.76 bits per heavy atom. The lowest BCUT2D eigenvalue weighted by molar-refractivity contribution is -0.121. The molecule has 1 atom stereocenters. The largest absolute Gasteiger partial charge is 0.336 e. The molecule has 0 unspecified atom stereocenters. The van der Waals surface area contributed by atoms with Crippen molar-refractivity contribution in [2.45, 2.75) is 19.8 Å². The fourth-order valence-corrected chi connectivity index (χ4v) is 4.53. The monoisotopic (exact) mass is 483 g/mol. The summed E-state index contributed by atoms with van der Waals surface area (Å²) in [5, 5.41) is 14.1. The lowest BCUT2D eigenvalue weighted by Crippen LogP contribution is -2.43. The third kappa shape index (κ3) is 5.74. The Labute approximate surface area is 200 Å². The second-order valence-electron chi connectivity index (χ2n) is 7.83. The van der Waals surface area contributed by atoms with Crippen molar-refractivity contribution >= 4 is 52.0 Å². The lowest BCUT2D eigenvalue weighted by atomic mass is 9.97. The number of carbonyl (C=O) groups excluding carboxylic acids is 3. The number of halogens is 1. The summed E-state index contributed by atoms with van der Waals surface area (Å²) in [6.45, 7) is 2.78. The van der Waals surface area contributed by atoms with Gasteiger partial charge < -0.3 is 15.5 Å². The van der Waals surface area contributed by atoms with E-state index in [0.717, 1.165) is 22.6 Å². The highest BCUT2D eigenvalue weighted by atomic mass is 35.5. The zero-order valence-corrected chi connectivity index (χ0v) is 19.4. The Hall–Kier alpha value is -3.30. The van der Waals surface area contributed by atoms with Crippen molar-refractivity contribution < 1.29 is 14.4 Å². The van der Waals surface area contributed by atoms with Gasteiger partial charge in [0, 0.05) is 29.5 Å². The van der Waals surface area contributed by atoms with Gasteiger partial charge in [-0.3, -0.25) is 14.4 Å². The molecule has 1 saturated heterocycles. The highest BCUT2D eigenvalue weighted by Gasteiger charge is 2.31. The van der Waals surface area contributed by atoms with Gasteiger partial charge in [-0.05, 0) is 55.7 Å². The van der Waals surface area contributed by atoms with E-state index in [1.807, 2.05) is 31.2 Å². The molecule has 3 aromatic rings. The summed E-state index contributed by atoms with van der Waals surface area (Å²) in [5.41, 5.74) is 2.32. The number of aromatic nitrogens is 2. The number of benzene rings is 2. The molecule has 0 aliphatic carbocycles. The van der Waals surface area contributed by atoms with Gasteiger partial charge in [0.2, 0.25) is 15.9 Å². The third-order valence-corrected chi connectivity index (χ3v) is 6.39. The molecule has 0 saturated carbocycles. The van der Waals surface area contributed by atoms with Crippen LogP contribution in [0.1, 0.15) is 38.0 Å². The molecule has 1 aliphatic rings. The van der Waals surface area contributed by atoms with Crippen LogP contribution in [0.5, 0.6) is 0 Å². The average Bonchev–Trinajstić information content (AvgIpc) is 3.29. The smallest absolute Gasteiger partial charge is 0.286 e. The first-order valence-electron chi connectivity index (χ1n) is 10.5. The van der Waals surface area contributed by atoms with Gasteiger partial charge >= 0.3 is 0 Å². The number of nitrogens with one attached hydrogen (secondary N) is 2. The molecule has 4 rings (SSSR count). The van der Waals surface area contributed by atoms with Gasteiger partial charge in [0.1, 0.15) is 0 Å². The SMILES string of the molecule is Cc1cccc(NC(=O)[C@@H]2CCCN(C(=O)c3nnc(C(=O)Nc4cccc(Cl)c4)s3)C2)c1. The first kappa shape index (κ1) is 22.9.